The van der Waals surface area contributed by atoms with Crippen molar-refractivity contribution in [2.45, 2.75) is 12.5 Å². The second-order valence-electron chi connectivity index (χ2n) is 8.50. The van der Waals surface area contributed by atoms with Gasteiger partial charge in [0.1, 0.15) is 17.7 Å². The van der Waals surface area contributed by atoms with E-state index < -0.39 is 0 Å². The molecule has 0 spiro atoms. The third-order valence-electron chi connectivity index (χ3n) is 6.13. The SMILES string of the molecule is O=C(Nc1ccc(O[C@@H]2CCN(C(=O)c3ccc(F)cc3)C2)cc1)C1CN(c2ccnnc2)C1. The van der Waals surface area contributed by atoms with Crippen molar-refractivity contribution in [2.24, 2.45) is 5.92 Å². The minimum absolute atomic E-state index is 0.0160. The Balaban J connectivity index is 1.09. The van der Waals surface area contributed by atoms with E-state index in [9.17, 15) is 14.0 Å². The number of nitrogens with one attached hydrogen (secondary N) is 1. The third kappa shape index (κ3) is 4.83. The molecule has 0 radical (unpaired) electrons. The van der Waals surface area contributed by atoms with Crippen molar-refractivity contribution in [1.82, 2.24) is 15.1 Å². The fourth-order valence-electron chi connectivity index (χ4n) is 4.16. The molecule has 1 N–H and O–H groups in total. The molecular formula is C25H24FN5O3. The van der Waals surface area contributed by atoms with E-state index in [2.05, 4.69) is 20.4 Å². The molecule has 174 valence electrons. The number of amides is 2. The van der Waals surface area contributed by atoms with Crippen molar-refractivity contribution in [3.8, 4) is 5.75 Å². The van der Waals surface area contributed by atoms with Gasteiger partial charge in [-0.25, -0.2) is 4.39 Å². The Morgan fingerprint density at radius 1 is 0.971 bits per heavy atom. The van der Waals surface area contributed by atoms with Crippen LogP contribution >= 0.6 is 0 Å². The number of rotatable bonds is 6. The van der Waals surface area contributed by atoms with Crippen LogP contribution in [0.25, 0.3) is 0 Å². The van der Waals surface area contributed by atoms with Gasteiger partial charge in [0, 0.05) is 37.3 Å². The van der Waals surface area contributed by atoms with Gasteiger partial charge in [-0.2, -0.15) is 10.2 Å². The Morgan fingerprint density at radius 2 is 1.74 bits per heavy atom. The molecule has 8 nitrogen and oxygen atoms in total. The predicted octanol–water partition coefficient (Wildman–Crippen LogP) is 2.98. The van der Waals surface area contributed by atoms with Crippen LogP contribution in [0.15, 0.2) is 67.0 Å². The number of likely N-dealkylation sites (tertiary alicyclic amines) is 1. The van der Waals surface area contributed by atoms with Crippen LogP contribution in [0.3, 0.4) is 0 Å². The largest absolute Gasteiger partial charge is 0.489 e. The number of carbonyl (C=O) groups excluding carboxylic acids is 2. The molecule has 9 heteroatoms. The van der Waals surface area contributed by atoms with Crippen molar-refractivity contribution in [3.05, 3.63) is 78.4 Å². The van der Waals surface area contributed by atoms with Gasteiger partial charge in [-0.1, -0.05) is 0 Å². The Kier molecular flexibility index (Phi) is 6.07. The second-order valence-corrected chi connectivity index (χ2v) is 8.50. The lowest BCUT2D eigenvalue weighted by molar-refractivity contribution is -0.120. The molecule has 0 saturated carbocycles. The summed E-state index contributed by atoms with van der Waals surface area (Å²) in [6.07, 6.45) is 3.93. The smallest absolute Gasteiger partial charge is 0.253 e. The van der Waals surface area contributed by atoms with Gasteiger partial charge in [0.05, 0.1) is 30.5 Å². The molecule has 34 heavy (non-hydrogen) atoms. The molecule has 2 aliphatic rings. The van der Waals surface area contributed by atoms with Crippen LogP contribution in [0.1, 0.15) is 16.8 Å². The maximum absolute atomic E-state index is 13.1. The molecule has 1 atom stereocenters. The first-order valence-electron chi connectivity index (χ1n) is 11.2. The normalized spacial score (nSPS) is 17.9. The van der Waals surface area contributed by atoms with E-state index in [1.807, 2.05) is 30.3 Å². The molecule has 0 aliphatic carbocycles. The first-order chi connectivity index (χ1) is 16.5. The standard InChI is InChI=1S/C25H24FN5O3/c26-19-3-1-17(2-4-19)25(33)30-12-10-23(16-30)34-22-7-5-20(6-8-22)29-24(32)18-14-31(15-18)21-9-11-27-28-13-21/h1-9,11,13,18,23H,10,12,14-16H2,(H,29,32)/t23-/m1/s1. The summed E-state index contributed by atoms with van der Waals surface area (Å²) in [5, 5.41) is 10.6. The van der Waals surface area contributed by atoms with Gasteiger partial charge in [-0.15, -0.1) is 0 Å². The number of hydrogen-bond acceptors (Lipinski definition) is 6. The highest BCUT2D eigenvalue weighted by molar-refractivity contribution is 5.95. The van der Waals surface area contributed by atoms with E-state index in [4.69, 9.17) is 4.74 Å². The number of aromatic nitrogens is 2. The molecule has 5 rings (SSSR count). The monoisotopic (exact) mass is 461 g/mol. The summed E-state index contributed by atoms with van der Waals surface area (Å²) < 4.78 is 19.1. The third-order valence-corrected chi connectivity index (χ3v) is 6.13. The highest BCUT2D eigenvalue weighted by Crippen LogP contribution is 2.26. The maximum Gasteiger partial charge on any atom is 0.253 e. The highest BCUT2D eigenvalue weighted by atomic mass is 19.1. The zero-order valence-corrected chi connectivity index (χ0v) is 18.4. The van der Waals surface area contributed by atoms with Crippen molar-refractivity contribution < 1.29 is 18.7 Å². The number of carbonyl (C=O) groups is 2. The summed E-state index contributed by atoms with van der Waals surface area (Å²) >= 11 is 0. The van der Waals surface area contributed by atoms with Crippen LogP contribution in [0.5, 0.6) is 5.75 Å². The minimum Gasteiger partial charge on any atom is -0.489 e. The zero-order valence-electron chi connectivity index (χ0n) is 18.4. The van der Waals surface area contributed by atoms with E-state index >= 15 is 0 Å². The fraction of sp³-hybridized carbons (Fsp3) is 0.280. The molecule has 2 aliphatic heterocycles. The van der Waals surface area contributed by atoms with Crippen LogP contribution in [-0.4, -0.2) is 59.2 Å². The quantitative estimate of drug-likeness (QED) is 0.607. The number of halogens is 1. The lowest BCUT2D eigenvalue weighted by Gasteiger charge is -2.39. The van der Waals surface area contributed by atoms with Gasteiger partial charge in [0.25, 0.3) is 5.91 Å². The zero-order chi connectivity index (χ0) is 23.5. The number of benzene rings is 2. The average molecular weight is 461 g/mol. The van der Waals surface area contributed by atoms with Crippen molar-refractivity contribution >= 4 is 23.2 Å². The van der Waals surface area contributed by atoms with Crippen molar-refractivity contribution in [1.29, 1.82) is 0 Å². The summed E-state index contributed by atoms with van der Waals surface area (Å²) in [6.45, 7) is 2.35. The van der Waals surface area contributed by atoms with Gasteiger partial charge < -0.3 is 19.9 Å². The van der Waals surface area contributed by atoms with Crippen LogP contribution in [0.2, 0.25) is 0 Å². The van der Waals surface area contributed by atoms with Gasteiger partial charge in [0.2, 0.25) is 5.91 Å². The van der Waals surface area contributed by atoms with Crippen molar-refractivity contribution in [2.75, 3.05) is 36.4 Å². The summed E-state index contributed by atoms with van der Waals surface area (Å²) in [5.41, 5.74) is 2.14. The molecule has 1 aromatic heterocycles. The van der Waals surface area contributed by atoms with E-state index in [0.717, 1.165) is 12.1 Å². The molecule has 3 heterocycles. The molecule has 2 fully saturated rings. The van der Waals surface area contributed by atoms with Crippen LogP contribution in [-0.2, 0) is 4.79 Å². The predicted molar refractivity (Wildman–Crippen MR) is 124 cm³/mol. The summed E-state index contributed by atoms with van der Waals surface area (Å²) in [4.78, 5) is 28.9. The average Bonchev–Trinajstić information content (AvgIpc) is 3.29. The van der Waals surface area contributed by atoms with E-state index in [0.29, 0.717) is 43.2 Å². The summed E-state index contributed by atoms with van der Waals surface area (Å²) in [6, 6.07) is 14.7. The Bertz CT molecular complexity index is 1150. The Hall–Kier alpha value is -4.01. The Labute approximate surface area is 196 Å². The van der Waals surface area contributed by atoms with Gasteiger partial charge in [-0.3, -0.25) is 9.59 Å². The van der Waals surface area contributed by atoms with Crippen LogP contribution in [0, 0.1) is 11.7 Å². The summed E-state index contributed by atoms with van der Waals surface area (Å²) in [7, 11) is 0. The van der Waals surface area contributed by atoms with Crippen LogP contribution in [0.4, 0.5) is 15.8 Å². The van der Waals surface area contributed by atoms with E-state index in [1.165, 1.54) is 24.3 Å². The molecule has 2 saturated heterocycles. The molecule has 0 unspecified atom stereocenters. The lowest BCUT2D eigenvalue weighted by atomic mass is 9.98. The fourth-order valence-corrected chi connectivity index (χ4v) is 4.16. The van der Waals surface area contributed by atoms with Gasteiger partial charge in [-0.05, 0) is 54.6 Å². The maximum atomic E-state index is 13.1. The second kappa shape index (κ2) is 9.46. The van der Waals surface area contributed by atoms with Gasteiger partial charge >= 0.3 is 0 Å². The molecule has 0 bridgehead atoms. The Morgan fingerprint density at radius 3 is 2.44 bits per heavy atom. The topological polar surface area (TPSA) is 87.7 Å². The van der Waals surface area contributed by atoms with E-state index in [-0.39, 0.29) is 29.7 Å². The molecular weight excluding hydrogens is 437 g/mol. The van der Waals surface area contributed by atoms with Gasteiger partial charge in [0.15, 0.2) is 0 Å². The number of ether oxygens (including phenoxy) is 1. The first-order valence-corrected chi connectivity index (χ1v) is 11.2. The first kappa shape index (κ1) is 21.8. The van der Waals surface area contributed by atoms with Crippen molar-refractivity contribution in [3.63, 3.8) is 0 Å². The summed E-state index contributed by atoms with van der Waals surface area (Å²) in [5.74, 6) is 0.0962. The van der Waals surface area contributed by atoms with Crippen LogP contribution < -0.4 is 15.0 Å². The lowest BCUT2D eigenvalue weighted by Crippen LogP contribution is -2.52. The molecule has 3 aromatic rings. The number of anilines is 2. The number of hydrogen-bond donors (Lipinski definition) is 1. The molecule has 2 amide bonds. The minimum atomic E-state index is -0.365. The molecule has 2 aromatic carbocycles. The number of nitrogens with zero attached hydrogens (tertiary/aromatic N) is 4. The van der Waals surface area contributed by atoms with E-state index in [1.54, 1.807) is 17.3 Å². The highest BCUT2D eigenvalue weighted by Gasteiger charge is 2.33.